The molecule has 2 aliphatic heterocycles. The van der Waals surface area contributed by atoms with Crippen molar-refractivity contribution in [3.63, 3.8) is 0 Å². The van der Waals surface area contributed by atoms with Gasteiger partial charge in [-0.3, -0.25) is 19.7 Å². The molecule has 0 spiro atoms. The smallest absolute Gasteiger partial charge is 0.252 e. The highest BCUT2D eigenvalue weighted by molar-refractivity contribution is 6.31. The van der Waals surface area contributed by atoms with E-state index < -0.39 is 17.3 Å². The number of carbonyl (C=O) groups excluding carboxylic acids is 1. The van der Waals surface area contributed by atoms with Gasteiger partial charge in [-0.05, 0) is 18.2 Å². The van der Waals surface area contributed by atoms with E-state index in [1.54, 1.807) is 4.68 Å². The molecular formula is C19H20ClFN6O2. The van der Waals surface area contributed by atoms with E-state index in [9.17, 15) is 14.4 Å². The molecule has 0 radical (unpaired) electrons. The first-order chi connectivity index (χ1) is 13.9. The van der Waals surface area contributed by atoms with Crippen LogP contribution in [0.25, 0.3) is 11.3 Å². The van der Waals surface area contributed by atoms with Crippen molar-refractivity contribution in [1.82, 2.24) is 20.0 Å². The molecule has 8 nitrogen and oxygen atoms in total. The average Bonchev–Trinajstić information content (AvgIpc) is 3.33. The lowest BCUT2D eigenvalue weighted by molar-refractivity contribution is 0.0996. The minimum Gasteiger partial charge on any atom is -0.378 e. The second-order valence-corrected chi connectivity index (χ2v) is 7.68. The Labute approximate surface area is 172 Å². The summed E-state index contributed by atoms with van der Waals surface area (Å²) in [6.07, 6.45) is 0.636. The number of fused-ring (bicyclic) bond motifs is 1. The van der Waals surface area contributed by atoms with Gasteiger partial charge in [0.05, 0.1) is 35.5 Å². The van der Waals surface area contributed by atoms with Crippen LogP contribution < -0.4 is 11.1 Å². The molecule has 152 valence electrons. The first-order valence-electron chi connectivity index (χ1n) is 9.24. The molecule has 1 aromatic heterocycles. The first-order valence-corrected chi connectivity index (χ1v) is 9.61. The highest BCUT2D eigenvalue weighted by atomic mass is 35.5. The largest absolute Gasteiger partial charge is 0.378 e. The van der Waals surface area contributed by atoms with Gasteiger partial charge in [0.2, 0.25) is 0 Å². The second kappa shape index (κ2) is 7.72. The van der Waals surface area contributed by atoms with Crippen molar-refractivity contribution in [1.29, 1.82) is 5.26 Å². The summed E-state index contributed by atoms with van der Waals surface area (Å²) in [5.74, 6) is -1.14. The van der Waals surface area contributed by atoms with Crippen LogP contribution in [0, 0.1) is 17.1 Å². The molecule has 4 rings (SSSR count). The minimum absolute atomic E-state index is 0.0460. The number of nitrogens with one attached hydrogen (secondary N) is 1. The first kappa shape index (κ1) is 19.8. The van der Waals surface area contributed by atoms with E-state index in [2.05, 4.69) is 21.4 Å². The Morgan fingerprint density at radius 3 is 2.97 bits per heavy atom. The van der Waals surface area contributed by atoms with Gasteiger partial charge < -0.3 is 10.5 Å². The molecule has 10 heteroatoms. The Bertz CT molecular complexity index is 995. The van der Waals surface area contributed by atoms with Gasteiger partial charge in [-0.15, -0.1) is 0 Å². The summed E-state index contributed by atoms with van der Waals surface area (Å²) in [7, 11) is 0. The summed E-state index contributed by atoms with van der Waals surface area (Å²) in [6, 6.07) is 6.51. The van der Waals surface area contributed by atoms with Crippen molar-refractivity contribution in [3.8, 4) is 17.3 Å². The van der Waals surface area contributed by atoms with Crippen LogP contribution in [0.1, 0.15) is 22.5 Å². The van der Waals surface area contributed by atoms with Crippen LogP contribution in [0.2, 0.25) is 5.02 Å². The van der Waals surface area contributed by atoms with Crippen molar-refractivity contribution < 1.29 is 13.9 Å². The fraction of sp³-hybridized carbons (Fsp3) is 0.421. The number of nitrogens with zero attached hydrogens (tertiary/aromatic N) is 4. The lowest BCUT2D eigenvalue weighted by Crippen LogP contribution is -2.51. The van der Waals surface area contributed by atoms with Crippen LogP contribution in [0.5, 0.6) is 0 Å². The SMILES string of the molecule is N#CC1(NCN2CCn3nc(-c4ccc(F)c(Cl)c4)c(C(N)=O)c3C2)CCOC1. The molecule has 29 heavy (non-hydrogen) atoms. The second-order valence-electron chi connectivity index (χ2n) is 7.27. The molecule has 2 aromatic rings. The summed E-state index contributed by atoms with van der Waals surface area (Å²) in [4.78, 5) is 14.3. The number of carbonyl (C=O) groups is 1. The Morgan fingerprint density at radius 1 is 1.48 bits per heavy atom. The van der Waals surface area contributed by atoms with Crippen LogP contribution in [-0.2, 0) is 17.8 Å². The summed E-state index contributed by atoms with van der Waals surface area (Å²) >= 11 is 5.90. The van der Waals surface area contributed by atoms with Gasteiger partial charge in [0.15, 0.2) is 0 Å². The predicted octanol–water partition coefficient (Wildman–Crippen LogP) is 1.49. The van der Waals surface area contributed by atoms with Crippen LogP contribution >= 0.6 is 11.6 Å². The molecule has 2 aliphatic rings. The third-order valence-electron chi connectivity index (χ3n) is 5.38. The van der Waals surface area contributed by atoms with Crippen molar-refractivity contribution in [3.05, 3.63) is 40.3 Å². The van der Waals surface area contributed by atoms with Crippen LogP contribution in [0.3, 0.4) is 0 Å². The molecule has 1 atom stereocenters. The Morgan fingerprint density at radius 2 is 2.31 bits per heavy atom. The summed E-state index contributed by atoms with van der Waals surface area (Å²) in [5.41, 5.74) is 6.89. The number of primary amides is 1. The highest BCUT2D eigenvalue weighted by Gasteiger charge is 2.36. The van der Waals surface area contributed by atoms with Gasteiger partial charge >= 0.3 is 0 Å². The quantitative estimate of drug-likeness (QED) is 0.761. The van der Waals surface area contributed by atoms with E-state index in [1.165, 1.54) is 18.2 Å². The topological polar surface area (TPSA) is 109 Å². The number of aromatic nitrogens is 2. The zero-order valence-corrected chi connectivity index (χ0v) is 16.4. The summed E-state index contributed by atoms with van der Waals surface area (Å²) < 4.78 is 20.6. The van der Waals surface area contributed by atoms with E-state index in [4.69, 9.17) is 22.1 Å². The molecule has 0 bridgehead atoms. The van der Waals surface area contributed by atoms with E-state index in [1.807, 2.05) is 0 Å². The molecule has 0 saturated carbocycles. The number of halogens is 2. The number of nitrogens with two attached hydrogens (primary N) is 1. The normalized spacial score (nSPS) is 21.7. The molecule has 1 amide bonds. The van der Waals surface area contributed by atoms with Crippen LogP contribution in [0.4, 0.5) is 4.39 Å². The average molecular weight is 419 g/mol. The fourth-order valence-electron chi connectivity index (χ4n) is 3.70. The van der Waals surface area contributed by atoms with E-state index >= 15 is 0 Å². The molecule has 1 aromatic carbocycles. The van der Waals surface area contributed by atoms with Gasteiger partial charge in [-0.2, -0.15) is 10.4 Å². The van der Waals surface area contributed by atoms with Gasteiger partial charge in [-0.1, -0.05) is 11.6 Å². The minimum atomic E-state index is -0.680. The summed E-state index contributed by atoms with van der Waals surface area (Å²) in [5, 5.41) is 17.2. The predicted molar refractivity (Wildman–Crippen MR) is 103 cm³/mol. The lowest BCUT2D eigenvalue weighted by Gasteiger charge is -2.31. The maximum absolute atomic E-state index is 13.5. The van der Waals surface area contributed by atoms with Crippen molar-refractivity contribution in [2.75, 3.05) is 26.4 Å². The van der Waals surface area contributed by atoms with Gasteiger partial charge in [0, 0.05) is 38.3 Å². The van der Waals surface area contributed by atoms with Crippen LogP contribution in [0.15, 0.2) is 18.2 Å². The molecule has 0 aliphatic carbocycles. The molecule has 1 fully saturated rings. The number of rotatable bonds is 5. The van der Waals surface area contributed by atoms with Crippen LogP contribution in [-0.4, -0.2) is 52.6 Å². The van der Waals surface area contributed by atoms with Gasteiger partial charge in [0.25, 0.3) is 5.91 Å². The molecule has 1 saturated heterocycles. The molecule has 1 unspecified atom stereocenters. The number of benzene rings is 1. The number of ether oxygens (including phenoxy) is 1. The number of hydrogen-bond donors (Lipinski definition) is 2. The number of amides is 1. The molecule has 3 heterocycles. The van der Waals surface area contributed by atoms with E-state index in [-0.39, 0.29) is 5.02 Å². The van der Waals surface area contributed by atoms with E-state index in [0.717, 1.165) is 0 Å². The zero-order valence-electron chi connectivity index (χ0n) is 15.6. The Hall–Kier alpha value is -2.51. The fourth-order valence-corrected chi connectivity index (χ4v) is 3.88. The van der Waals surface area contributed by atoms with Crippen molar-refractivity contribution >= 4 is 17.5 Å². The number of nitriles is 1. The van der Waals surface area contributed by atoms with Crippen molar-refractivity contribution in [2.24, 2.45) is 5.73 Å². The zero-order chi connectivity index (χ0) is 20.6. The summed E-state index contributed by atoms with van der Waals surface area (Å²) in [6.45, 7) is 3.07. The monoisotopic (exact) mass is 418 g/mol. The molecular weight excluding hydrogens is 399 g/mol. The Kier molecular flexibility index (Phi) is 5.27. The maximum Gasteiger partial charge on any atom is 0.252 e. The van der Waals surface area contributed by atoms with Gasteiger partial charge in [0.1, 0.15) is 17.1 Å². The Balaban J connectivity index is 1.59. The van der Waals surface area contributed by atoms with Gasteiger partial charge in [-0.25, -0.2) is 4.39 Å². The highest BCUT2D eigenvalue weighted by Crippen LogP contribution is 2.30. The lowest BCUT2D eigenvalue weighted by atomic mass is 10.0. The number of hydrogen-bond acceptors (Lipinski definition) is 6. The van der Waals surface area contributed by atoms with E-state index in [0.29, 0.717) is 68.5 Å². The maximum atomic E-state index is 13.5. The van der Waals surface area contributed by atoms with Crippen molar-refractivity contribution in [2.45, 2.75) is 25.0 Å². The molecule has 3 N–H and O–H groups in total. The standard InChI is InChI=1S/C19H20ClFN6O2/c20-13-7-12(1-2-14(13)21)17-16(18(23)28)15-8-26(4-5-27(15)25-17)11-24-19(9-22)3-6-29-10-19/h1-2,7,24H,3-6,8,10-11H2,(H2,23,28). The third-order valence-corrected chi connectivity index (χ3v) is 5.66. The third kappa shape index (κ3) is 3.72.